The van der Waals surface area contributed by atoms with Crippen LogP contribution in [0.3, 0.4) is 0 Å². The van der Waals surface area contributed by atoms with Crippen molar-refractivity contribution in [1.29, 1.82) is 0 Å². The molecule has 0 unspecified atom stereocenters. The van der Waals surface area contributed by atoms with Crippen molar-refractivity contribution in [3.63, 3.8) is 0 Å². The molecule has 2 heterocycles. The second kappa shape index (κ2) is 14.3. The number of benzene rings is 2. The van der Waals surface area contributed by atoms with Crippen molar-refractivity contribution in [3.05, 3.63) is 58.2 Å². The van der Waals surface area contributed by atoms with Gasteiger partial charge in [-0.15, -0.1) is 0 Å². The molecule has 0 aliphatic carbocycles. The van der Waals surface area contributed by atoms with Crippen molar-refractivity contribution < 1.29 is 77.5 Å². The van der Waals surface area contributed by atoms with E-state index in [0.29, 0.717) is 29.3 Å². The fourth-order valence-electron chi connectivity index (χ4n) is 4.29. The minimum absolute atomic E-state index is 0. The maximum absolute atomic E-state index is 13.5. The molecule has 1 aromatic heterocycles. The molecule has 1 aliphatic rings. The number of fused-ring (bicyclic) bond motifs is 3. The molecule has 1 atom stereocenters. The van der Waals surface area contributed by atoms with Crippen molar-refractivity contribution in [2.24, 2.45) is 0 Å². The largest absolute Gasteiger partial charge is 1.00 e. The minimum Gasteiger partial charge on any atom is -0.550 e. The van der Waals surface area contributed by atoms with Gasteiger partial charge in [-0.1, -0.05) is 17.7 Å². The Bertz CT molecular complexity index is 1310. The zero-order valence-corrected chi connectivity index (χ0v) is 24.7. The number of nitrogens with zero attached hydrogens (tertiary/aromatic N) is 1. The van der Waals surface area contributed by atoms with Gasteiger partial charge >= 0.3 is 41.7 Å². The van der Waals surface area contributed by atoms with Crippen molar-refractivity contribution in [3.8, 4) is 11.5 Å². The van der Waals surface area contributed by atoms with Crippen LogP contribution in [0.5, 0.6) is 11.5 Å². The standard InChI is InChI=1S/C24H23ClF3NO4.C2H4O2.Na.H2O/c1-13(2)33-20-6-3-14(9-18(20)24(26,27)28)12-32-16-4-5-19-17(11-16)22(25)23-15(10-21(30)31)7-8-29(19)23;1-2(3)4;;/h3-6,9,11,13,15H,7-8,10,12H2,1-2H3,(H,30,31);1H3,(H,3,4);;1H2/q;;+1;/p-1/t15-;;;/m1.../s1. The smallest absolute Gasteiger partial charge is 0.550 e. The van der Waals surface area contributed by atoms with E-state index >= 15 is 0 Å². The van der Waals surface area contributed by atoms with Gasteiger partial charge in [0.05, 0.1) is 28.6 Å². The summed E-state index contributed by atoms with van der Waals surface area (Å²) < 4.78 is 53.5. The van der Waals surface area contributed by atoms with Gasteiger partial charge in [-0.05, 0) is 63.1 Å². The van der Waals surface area contributed by atoms with Gasteiger partial charge in [0.15, 0.2) is 0 Å². The Morgan fingerprint density at radius 3 is 2.41 bits per heavy atom. The molecule has 3 aromatic rings. The van der Waals surface area contributed by atoms with E-state index in [4.69, 9.17) is 36.1 Å². The number of halogens is 4. The summed E-state index contributed by atoms with van der Waals surface area (Å²) in [5, 5.41) is 19.3. The Morgan fingerprint density at radius 2 is 1.85 bits per heavy atom. The first kappa shape index (κ1) is 34.6. The molecule has 0 amide bonds. The van der Waals surface area contributed by atoms with E-state index in [-0.39, 0.29) is 65.8 Å². The summed E-state index contributed by atoms with van der Waals surface area (Å²) in [5.41, 5.74) is 1.20. The van der Waals surface area contributed by atoms with Crippen LogP contribution < -0.4 is 44.1 Å². The Labute approximate surface area is 250 Å². The summed E-state index contributed by atoms with van der Waals surface area (Å²) in [6.45, 7) is 4.92. The third kappa shape index (κ3) is 8.77. The average molecular weight is 582 g/mol. The van der Waals surface area contributed by atoms with Crippen LogP contribution in [0.2, 0.25) is 5.02 Å². The summed E-state index contributed by atoms with van der Waals surface area (Å²) in [6, 6.07) is 9.19. The van der Waals surface area contributed by atoms with E-state index < -0.39 is 23.7 Å². The quantitative estimate of drug-likeness (QED) is 0.421. The Kier molecular flexibility index (Phi) is 12.7. The van der Waals surface area contributed by atoms with E-state index in [0.717, 1.165) is 29.6 Å². The maximum Gasteiger partial charge on any atom is 1.00 e. The first-order valence-corrected chi connectivity index (χ1v) is 11.9. The van der Waals surface area contributed by atoms with Gasteiger partial charge in [-0.25, -0.2) is 0 Å². The maximum atomic E-state index is 13.5. The van der Waals surface area contributed by atoms with Gasteiger partial charge < -0.3 is 34.5 Å². The molecular formula is C26H28ClF3NNaO7. The zero-order valence-electron chi connectivity index (χ0n) is 21.9. The normalized spacial score (nSPS) is 14.0. The molecule has 1 aliphatic heterocycles. The van der Waals surface area contributed by atoms with Crippen molar-refractivity contribution >= 4 is 34.4 Å². The van der Waals surface area contributed by atoms with E-state index in [1.165, 1.54) is 6.07 Å². The molecular weight excluding hydrogens is 554 g/mol. The fourth-order valence-corrected chi connectivity index (χ4v) is 4.69. The first-order valence-electron chi connectivity index (χ1n) is 11.5. The summed E-state index contributed by atoms with van der Waals surface area (Å²) in [6.07, 6.45) is -4.21. The third-order valence-corrected chi connectivity index (χ3v) is 6.03. The topological polar surface area (TPSA) is 132 Å². The van der Waals surface area contributed by atoms with E-state index in [1.54, 1.807) is 32.0 Å². The van der Waals surface area contributed by atoms with E-state index in [2.05, 4.69) is 0 Å². The Morgan fingerprint density at radius 1 is 1.21 bits per heavy atom. The molecule has 13 heteroatoms. The third-order valence-electron chi connectivity index (χ3n) is 5.64. The predicted molar refractivity (Wildman–Crippen MR) is 132 cm³/mol. The van der Waals surface area contributed by atoms with Crippen LogP contribution in [-0.2, 0) is 28.9 Å². The van der Waals surface area contributed by atoms with Crippen LogP contribution >= 0.6 is 11.6 Å². The number of aryl methyl sites for hydroxylation is 1. The molecule has 39 heavy (non-hydrogen) atoms. The molecule has 8 nitrogen and oxygen atoms in total. The first-order chi connectivity index (χ1) is 17.3. The predicted octanol–water partition coefficient (Wildman–Crippen LogP) is 1.58. The molecule has 3 N–H and O–H groups in total. The van der Waals surface area contributed by atoms with Gasteiger partial charge in [0.2, 0.25) is 0 Å². The summed E-state index contributed by atoms with van der Waals surface area (Å²) in [7, 11) is 0. The molecule has 2 aromatic carbocycles. The average Bonchev–Trinajstić information content (AvgIpc) is 3.30. The number of hydrogen-bond donors (Lipinski definition) is 1. The number of carboxylic acids is 2. The number of carboxylic acid groups (broad SMARTS) is 2. The SMILES string of the molecule is CC(=O)[O-].CC(C)Oc1ccc(COc2ccc3c(c2)c(Cl)c2n3CC[C@@H]2CC(=O)O)cc1C(F)(F)F.O.[Na+]. The summed E-state index contributed by atoms with van der Waals surface area (Å²) >= 11 is 6.59. The molecule has 0 bridgehead atoms. The number of ether oxygens (including phenoxy) is 2. The van der Waals surface area contributed by atoms with Gasteiger partial charge in [-0.3, -0.25) is 4.79 Å². The summed E-state index contributed by atoms with van der Waals surface area (Å²) in [4.78, 5) is 20.1. The Balaban J connectivity index is 0.00000119. The van der Waals surface area contributed by atoms with Crippen LogP contribution in [0.25, 0.3) is 10.9 Å². The van der Waals surface area contributed by atoms with E-state index in [1.807, 2.05) is 10.6 Å². The monoisotopic (exact) mass is 581 g/mol. The molecule has 0 fully saturated rings. The second-order valence-corrected chi connectivity index (χ2v) is 9.27. The van der Waals surface area contributed by atoms with Crippen LogP contribution in [0, 0.1) is 0 Å². The molecule has 4 rings (SSSR count). The number of carbonyl (C=O) groups excluding carboxylic acids is 1. The molecule has 0 spiro atoms. The van der Waals surface area contributed by atoms with Crippen LogP contribution in [0.1, 0.15) is 56.4 Å². The summed E-state index contributed by atoms with van der Waals surface area (Å²) in [5.74, 6) is -1.87. The molecule has 0 radical (unpaired) electrons. The van der Waals surface area contributed by atoms with Gasteiger partial charge in [-0.2, -0.15) is 13.2 Å². The van der Waals surface area contributed by atoms with Crippen molar-refractivity contribution in [1.82, 2.24) is 4.57 Å². The number of hydrogen-bond acceptors (Lipinski definition) is 5. The number of carbonyl (C=O) groups is 2. The van der Waals surface area contributed by atoms with E-state index in [9.17, 15) is 18.0 Å². The van der Waals surface area contributed by atoms with Crippen LogP contribution in [-0.4, -0.2) is 33.2 Å². The number of aliphatic carboxylic acids is 2. The van der Waals surface area contributed by atoms with Crippen LogP contribution in [0.15, 0.2) is 36.4 Å². The van der Waals surface area contributed by atoms with Crippen molar-refractivity contribution in [2.75, 3.05) is 0 Å². The fraction of sp³-hybridized carbons (Fsp3) is 0.385. The second-order valence-electron chi connectivity index (χ2n) is 8.89. The number of rotatable bonds is 7. The van der Waals surface area contributed by atoms with Gasteiger partial charge in [0.1, 0.15) is 18.1 Å². The van der Waals surface area contributed by atoms with Gasteiger partial charge in [0, 0.05) is 29.5 Å². The Hall–Kier alpha value is -2.44. The zero-order chi connectivity index (χ0) is 27.5. The van der Waals surface area contributed by atoms with Crippen molar-refractivity contribution in [2.45, 2.75) is 65.0 Å². The molecule has 0 saturated heterocycles. The minimum atomic E-state index is -4.55. The van der Waals surface area contributed by atoms with Gasteiger partial charge in [0.25, 0.3) is 0 Å². The number of alkyl halides is 3. The molecule has 0 saturated carbocycles. The van der Waals surface area contributed by atoms with Crippen LogP contribution in [0.4, 0.5) is 13.2 Å². The molecule has 208 valence electrons. The number of aromatic nitrogens is 1.